The van der Waals surface area contributed by atoms with Crippen LogP contribution in [0.4, 0.5) is 4.79 Å². The zero-order chi connectivity index (χ0) is 16.4. The molecule has 23 heavy (non-hydrogen) atoms. The molecule has 0 saturated carbocycles. The Labute approximate surface area is 135 Å². The highest BCUT2D eigenvalue weighted by Crippen LogP contribution is 2.20. The van der Waals surface area contributed by atoms with Crippen molar-refractivity contribution in [3.05, 3.63) is 30.5 Å². The number of hydrogen-bond donors (Lipinski definition) is 0. The molecule has 1 atom stereocenters. The molecule has 1 amide bonds. The molecule has 1 aliphatic heterocycles. The number of benzene rings is 1. The number of ether oxygens (including phenoxy) is 2. The lowest BCUT2D eigenvalue weighted by Gasteiger charge is -2.24. The summed E-state index contributed by atoms with van der Waals surface area (Å²) in [6.07, 6.45) is 2.00. The van der Waals surface area contributed by atoms with Gasteiger partial charge in [-0.2, -0.15) is 0 Å². The smallest absolute Gasteiger partial charge is 0.410 e. The molecule has 1 unspecified atom stereocenters. The minimum absolute atomic E-state index is 0.0852. The van der Waals surface area contributed by atoms with E-state index < -0.39 is 5.60 Å². The maximum Gasteiger partial charge on any atom is 0.410 e. The number of nitrogens with zero attached hydrogens (tertiary/aromatic N) is 3. The predicted molar refractivity (Wildman–Crippen MR) is 86.4 cm³/mol. The van der Waals surface area contributed by atoms with Crippen molar-refractivity contribution in [2.45, 2.75) is 38.9 Å². The Morgan fingerprint density at radius 3 is 2.74 bits per heavy atom. The zero-order valence-corrected chi connectivity index (χ0v) is 13.7. The monoisotopic (exact) mass is 315 g/mol. The summed E-state index contributed by atoms with van der Waals surface area (Å²) in [7, 11) is 0. The molecular weight excluding hydrogens is 294 g/mol. The van der Waals surface area contributed by atoms with Crippen LogP contribution in [0.5, 0.6) is 5.88 Å². The van der Waals surface area contributed by atoms with Crippen LogP contribution in [0.2, 0.25) is 0 Å². The molecule has 1 saturated heterocycles. The number of carbonyl (C=O) groups excluding carboxylic acids is 1. The van der Waals surface area contributed by atoms with Gasteiger partial charge in [0.05, 0.1) is 23.8 Å². The number of para-hydroxylation sites is 2. The first-order valence-corrected chi connectivity index (χ1v) is 7.77. The third-order valence-corrected chi connectivity index (χ3v) is 3.51. The Morgan fingerprint density at radius 2 is 2.00 bits per heavy atom. The summed E-state index contributed by atoms with van der Waals surface area (Å²) < 4.78 is 11.3. The largest absolute Gasteiger partial charge is 0.471 e. The molecule has 2 heterocycles. The summed E-state index contributed by atoms with van der Waals surface area (Å²) in [5.74, 6) is 0.486. The highest BCUT2D eigenvalue weighted by atomic mass is 16.6. The van der Waals surface area contributed by atoms with Gasteiger partial charge in [-0.25, -0.2) is 14.8 Å². The normalized spacial score (nSPS) is 18.2. The molecule has 2 aromatic rings. The molecule has 0 aliphatic carbocycles. The molecule has 1 aliphatic rings. The van der Waals surface area contributed by atoms with Gasteiger partial charge in [0.25, 0.3) is 0 Å². The number of hydrogen-bond acceptors (Lipinski definition) is 5. The second-order valence-corrected chi connectivity index (χ2v) is 6.65. The van der Waals surface area contributed by atoms with Crippen molar-refractivity contribution in [1.82, 2.24) is 14.9 Å². The lowest BCUT2D eigenvalue weighted by Crippen LogP contribution is -2.36. The maximum atomic E-state index is 12.1. The van der Waals surface area contributed by atoms with E-state index in [0.717, 1.165) is 17.5 Å². The molecule has 0 radical (unpaired) electrons. The summed E-state index contributed by atoms with van der Waals surface area (Å²) in [6.45, 7) is 6.71. The van der Waals surface area contributed by atoms with Crippen LogP contribution >= 0.6 is 0 Å². The molecule has 1 aromatic heterocycles. The van der Waals surface area contributed by atoms with Gasteiger partial charge >= 0.3 is 6.09 Å². The fourth-order valence-corrected chi connectivity index (χ4v) is 2.48. The van der Waals surface area contributed by atoms with Gasteiger partial charge < -0.3 is 14.4 Å². The van der Waals surface area contributed by atoms with Crippen molar-refractivity contribution < 1.29 is 14.3 Å². The van der Waals surface area contributed by atoms with Crippen LogP contribution in [-0.2, 0) is 4.74 Å². The topological polar surface area (TPSA) is 64.5 Å². The second-order valence-electron chi connectivity index (χ2n) is 6.65. The van der Waals surface area contributed by atoms with Gasteiger partial charge in [0, 0.05) is 13.0 Å². The first kappa shape index (κ1) is 15.5. The molecule has 1 fully saturated rings. The molecule has 0 N–H and O–H groups in total. The molecule has 0 spiro atoms. The molecule has 1 aromatic carbocycles. The highest BCUT2D eigenvalue weighted by molar-refractivity contribution is 5.74. The second kappa shape index (κ2) is 6.02. The zero-order valence-electron chi connectivity index (χ0n) is 13.7. The van der Waals surface area contributed by atoms with Crippen LogP contribution in [0, 0.1) is 0 Å². The van der Waals surface area contributed by atoms with Gasteiger partial charge in [-0.3, -0.25) is 0 Å². The molecular formula is C17H21N3O3. The van der Waals surface area contributed by atoms with E-state index in [1.54, 1.807) is 11.1 Å². The van der Waals surface area contributed by atoms with E-state index in [-0.39, 0.29) is 12.2 Å². The number of likely N-dealkylation sites (tertiary alicyclic amines) is 1. The molecule has 122 valence electrons. The molecule has 6 heteroatoms. The number of fused-ring (bicyclic) bond motifs is 1. The fourth-order valence-electron chi connectivity index (χ4n) is 2.48. The van der Waals surface area contributed by atoms with Crippen molar-refractivity contribution >= 4 is 17.1 Å². The van der Waals surface area contributed by atoms with Crippen molar-refractivity contribution in [3.8, 4) is 5.88 Å². The third kappa shape index (κ3) is 3.88. The number of rotatable bonds is 2. The van der Waals surface area contributed by atoms with Gasteiger partial charge in [0.1, 0.15) is 11.7 Å². The number of carbonyl (C=O) groups is 1. The summed E-state index contributed by atoms with van der Waals surface area (Å²) >= 11 is 0. The van der Waals surface area contributed by atoms with Crippen LogP contribution in [-0.4, -0.2) is 45.8 Å². The third-order valence-electron chi connectivity index (χ3n) is 3.51. The van der Waals surface area contributed by atoms with Crippen LogP contribution < -0.4 is 4.74 Å². The Balaban J connectivity index is 1.61. The van der Waals surface area contributed by atoms with Crippen LogP contribution in [0.25, 0.3) is 11.0 Å². The minimum atomic E-state index is -0.486. The van der Waals surface area contributed by atoms with E-state index in [1.165, 1.54) is 0 Å². The number of amides is 1. The van der Waals surface area contributed by atoms with E-state index in [9.17, 15) is 4.79 Å². The van der Waals surface area contributed by atoms with E-state index in [4.69, 9.17) is 9.47 Å². The lowest BCUT2D eigenvalue weighted by atomic mass is 10.2. The van der Waals surface area contributed by atoms with E-state index in [2.05, 4.69) is 9.97 Å². The Morgan fingerprint density at radius 1 is 1.26 bits per heavy atom. The van der Waals surface area contributed by atoms with Gasteiger partial charge in [0.15, 0.2) is 0 Å². The lowest BCUT2D eigenvalue weighted by molar-refractivity contribution is 0.0275. The Bertz CT molecular complexity index is 712. The van der Waals surface area contributed by atoms with E-state index >= 15 is 0 Å². The van der Waals surface area contributed by atoms with Crippen molar-refractivity contribution in [2.24, 2.45) is 0 Å². The van der Waals surface area contributed by atoms with Crippen LogP contribution in [0.1, 0.15) is 27.2 Å². The first-order chi connectivity index (χ1) is 10.9. The summed E-state index contributed by atoms with van der Waals surface area (Å²) in [5.41, 5.74) is 1.15. The maximum absolute atomic E-state index is 12.1. The summed E-state index contributed by atoms with van der Waals surface area (Å²) in [5, 5.41) is 0. The van der Waals surface area contributed by atoms with E-state index in [1.807, 2.05) is 45.0 Å². The highest BCUT2D eigenvalue weighted by Gasteiger charge is 2.31. The Hall–Kier alpha value is -2.37. The average molecular weight is 315 g/mol. The SMILES string of the molecule is CC(C)(C)OC(=O)N1CCC(Oc2cnc3ccccc3n2)C1. The Kier molecular flexibility index (Phi) is 4.07. The first-order valence-electron chi connectivity index (χ1n) is 7.77. The summed E-state index contributed by atoms with van der Waals surface area (Å²) in [4.78, 5) is 22.5. The number of aromatic nitrogens is 2. The molecule has 6 nitrogen and oxygen atoms in total. The average Bonchev–Trinajstić information content (AvgIpc) is 2.94. The van der Waals surface area contributed by atoms with E-state index in [0.29, 0.717) is 19.0 Å². The van der Waals surface area contributed by atoms with Crippen LogP contribution in [0.15, 0.2) is 30.5 Å². The summed E-state index contributed by atoms with van der Waals surface area (Å²) in [6, 6.07) is 7.65. The van der Waals surface area contributed by atoms with Gasteiger partial charge in [-0.05, 0) is 32.9 Å². The quantitative estimate of drug-likeness (QED) is 0.852. The van der Waals surface area contributed by atoms with Crippen molar-refractivity contribution in [1.29, 1.82) is 0 Å². The van der Waals surface area contributed by atoms with Crippen molar-refractivity contribution in [3.63, 3.8) is 0 Å². The fraction of sp³-hybridized carbons (Fsp3) is 0.471. The van der Waals surface area contributed by atoms with Gasteiger partial charge in [-0.1, -0.05) is 12.1 Å². The van der Waals surface area contributed by atoms with Gasteiger partial charge in [-0.15, -0.1) is 0 Å². The molecule has 0 bridgehead atoms. The molecule has 3 rings (SSSR count). The van der Waals surface area contributed by atoms with Crippen molar-refractivity contribution in [2.75, 3.05) is 13.1 Å². The van der Waals surface area contributed by atoms with Crippen LogP contribution in [0.3, 0.4) is 0 Å². The van der Waals surface area contributed by atoms with Gasteiger partial charge in [0.2, 0.25) is 5.88 Å². The predicted octanol–water partition coefficient (Wildman–Crippen LogP) is 3.02. The standard InChI is InChI=1S/C17H21N3O3/c1-17(2,3)23-16(21)20-9-8-12(11-20)22-15-10-18-13-6-4-5-7-14(13)19-15/h4-7,10,12H,8-9,11H2,1-3H3. The minimum Gasteiger partial charge on any atom is -0.471 e.